The summed E-state index contributed by atoms with van der Waals surface area (Å²) in [6.07, 6.45) is 1.39. The number of likely N-dealkylation sites (N-methyl/N-ethyl adjacent to an activating group) is 1. The van der Waals surface area contributed by atoms with Crippen molar-refractivity contribution in [2.45, 2.75) is 38.8 Å². The van der Waals surface area contributed by atoms with Crippen LogP contribution < -0.4 is 5.32 Å². The molecule has 0 aliphatic rings. The Bertz CT molecular complexity index is 593. The lowest BCUT2D eigenvalue weighted by molar-refractivity contribution is -0.171. The summed E-state index contributed by atoms with van der Waals surface area (Å²) in [7, 11) is 2.88. The highest BCUT2D eigenvalue weighted by Gasteiger charge is 2.27. The molecule has 0 bridgehead atoms. The Morgan fingerprint density at radius 3 is 2.58 bits per heavy atom. The second-order valence-corrected chi connectivity index (χ2v) is 6.37. The Morgan fingerprint density at radius 1 is 1.38 bits per heavy atom. The van der Waals surface area contributed by atoms with Crippen LogP contribution in [0.5, 0.6) is 0 Å². The van der Waals surface area contributed by atoms with Crippen molar-refractivity contribution < 1.29 is 19.2 Å². The highest BCUT2D eigenvalue weighted by atomic mass is 16.7. The van der Waals surface area contributed by atoms with Gasteiger partial charge >= 0.3 is 6.09 Å². The molecule has 0 radical (unpaired) electrons. The quantitative estimate of drug-likeness (QED) is 0.812. The number of hydrogen-bond acceptors (Lipinski definition) is 4. The van der Waals surface area contributed by atoms with Crippen molar-refractivity contribution in [2.75, 3.05) is 14.2 Å². The normalized spacial score (nSPS) is 12.2. The molecule has 1 aromatic carbocycles. The molecule has 0 unspecified atom stereocenters. The van der Waals surface area contributed by atoms with Crippen LogP contribution in [0.2, 0.25) is 0 Å². The molecule has 1 rings (SSSR count). The Morgan fingerprint density at radius 2 is 2.04 bits per heavy atom. The molecule has 0 aliphatic carbocycles. The second-order valence-electron chi connectivity index (χ2n) is 6.37. The molecule has 1 aromatic rings. The summed E-state index contributed by atoms with van der Waals surface area (Å²) in [6.45, 7) is 9.02. The summed E-state index contributed by atoms with van der Waals surface area (Å²) >= 11 is 0. The van der Waals surface area contributed by atoms with Gasteiger partial charge in [-0.05, 0) is 31.9 Å². The zero-order chi connectivity index (χ0) is 18.3. The molecule has 6 nitrogen and oxygen atoms in total. The Hall–Kier alpha value is -2.34. The highest BCUT2D eigenvalue weighted by molar-refractivity contribution is 5.85. The van der Waals surface area contributed by atoms with Crippen molar-refractivity contribution >= 4 is 18.1 Å². The lowest BCUT2D eigenvalue weighted by Crippen LogP contribution is -2.49. The number of rotatable bonds is 6. The smallest absolute Gasteiger partial charge is 0.408 e. The highest BCUT2D eigenvalue weighted by Crippen LogP contribution is 2.12. The number of carbonyl (C=O) groups is 2. The number of ether oxygens (including phenoxy) is 1. The summed E-state index contributed by atoms with van der Waals surface area (Å²) in [5.41, 5.74) is 1.19. The lowest BCUT2D eigenvalue weighted by Gasteiger charge is -2.25. The fraction of sp³-hybridized carbons (Fsp3) is 0.444. The minimum Gasteiger partial charge on any atom is -0.444 e. The average molecular weight is 334 g/mol. The molecule has 6 heteroatoms. The molecule has 0 fully saturated rings. The number of nitrogens with one attached hydrogen (secondary N) is 1. The van der Waals surface area contributed by atoms with Gasteiger partial charge in [-0.2, -0.15) is 0 Å². The third-order valence-electron chi connectivity index (χ3n) is 3.20. The van der Waals surface area contributed by atoms with Crippen LogP contribution in [-0.2, 0) is 20.8 Å². The van der Waals surface area contributed by atoms with Gasteiger partial charge in [-0.15, -0.1) is 0 Å². The number of hydroxylamine groups is 2. The van der Waals surface area contributed by atoms with Crippen molar-refractivity contribution in [2.24, 2.45) is 0 Å². The maximum Gasteiger partial charge on any atom is 0.408 e. The van der Waals surface area contributed by atoms with E-state index in [-0.39, 0.29) is 5.91 Å². The largest absolute Gasteiger partial charge is 0.444 e. The fourth-order valence-corrected chi connectivity index (χ4v) is 2.04. The van der Waals surface area contributed by atoms with Gasteiger partial charge in [-0.3, -0.25) is 9.63 Å². The lowest BCUT2D eigenvalue weighted by atomic mass is 10.0. The van der Waals surface area contributed by atoms with Gasteiger partial charge in [0.15, 0.2) is 0 Å². The van der Waals surface area contributed by atoms with E-state index in [0.717, 1.165) is 16.2 Å². The molecule has 132 valence electrons. The zero-order valence-corrected chi connectivity index (χ0v) is 15.0. The number of nitrogens with zero attached hydrogens (tertiary/aromatic N) is 1. The molecule has 1 atom stereocenters. The van der Waals surface area contributed by atoms with Crippen LogP contribution in [0.25, 0.3) is 6.08 Å². The van der Waals surface area contributed by atoms with Crippen molar-refractivity contribution in [3.8, 4) is 0 Å². The minimum absolute atomic E-state index is 0.313. The Labute approximate surface area is 143 Å². The van der Waals surface area contributed by atoms with E-state index in [9.17, 15) is 9.59 Å². The fourth-order valence-electron chi connectivity index (χ4n) is 2.04. The summed E-state index contributed by atoms with van der Waals surface area (Å²) in [5, 5.41) is 3.70. The maximum atomic E-state index is 12.4. The van der Waals surface area contributed by atoms with Crippen LogP contribution in [-0.4, -0.2) is 42.9 Å². The zero-order valence-electron chi connectivity index (χ0n) is 15.0. The van der Waals surface area contributed by atoms with Crippen LogP contribution in [0.15, 0.2) is 30.8 Å². The minimum atomic E-state index is -0.801. The predicted molar refractivity (Wildman–Crippen MR) is 93.2 cm³/mol. The van der Waals surface area contributed by atoms with Crippen LogP contribution >= 0.6 is 0 Å². The van der Waals surface area contributed by atoms with Crippen LogP contribution in [0.3, 0.4) is 0 Å². The van der Waals surface area contributed by atoms with Gasteiger partial charge in [0.05, 0.1) is 7.11 Å². The topological polar surface area (TPSA) is 67.9 Å². The van der Waals surface area contributed by atoms with E-state index in [1.165, 1.54) is 14.2 Å². The van der Waals surface area contributed by atoms with E-state index >= 15 is 0 Å². The van der Waals surface area contributed by atoms with Crippen molar-refractivity contribution in [3.05, 3.63) is 42.0 Å². The summed E-state index contributed by atoms with van der Waals surface area (Å²) in [6, 6.07) is 6.79. The molecule has 0 spiro atoms. The molecule has 0 aromatic heterocycles. The van der Waals surface area contributed by atoms with E-state index in [4.69, 9.17) is 9.57 Å². The Balaban J connectivity index is 2.94. The van der Waals surface area contributed by atoms with E-state index in [2.05, 4.69) is 11.9 Å². The Kier molecular flexibility index (Phi) is 6.97. The summed E-state index contributed by atoms with van der Waals surface area (Å²) in [4.78, 5) is 29.4. The standard InChI is InChI=1S/C18H26N2O4/c1-7-13-9-8-10-14(11-13)12-15(16(21)20(5)23-6)19-17(22)24-18(2,3)4/h7-11,15H,1,12H2,2-6H3,(H,19,22)/t15-/m0/s1. The third-order valence-corrected chi connectivity index (χ3v) is 3.20. The first kappa shape index (κ1) is 19.7. The van der Waals surface area contributed by atoms with Crippen LogP contribution in [0, 0.1) is 0 Å². The predicted octanol–water partition coefficient (Wildman–Crippen LogP) is 2.79. The molecule has 0 heterocycles. The molecule has 1 N–H and O–H groups in total. The van der Waals surface area contributed by atoms with Crippen molar-refractivity contribution in [1.82, 2.24) is 10.4 Å². The number of hydrogen-bond donors (Lipinski definition) is 1. The molecular formula is C18H26N2O4. The molecule has 2 amide bonds. The molecule has 0 saturated carbocycles. The SMILES string of the molecule is C=Cc1cccc(C[C@H](NC(=O)OC(C)(C)C)C(=O)N(C)OC)c1. The van der Waals surface area contributed by atoms with Gasteiger partial charge in [0.2, 0.25) is 0 Å². The van der Waals surface area contributed by atoms with Crippen molar-refractivity contribution in [1.29, 1.82) is 0 Å². The maximum absolute atomic E-state index is 12.4. The van der Waals surface area contributed by atoms with Gasteiger partial charge in [-0.25, -0.2) is 9.86 Å². The number of carbonyl (C=O) groups excluding carboxylic acids is 2. The van der Waals surface area contributed by atoms with Crippen LogP contribution in [0.1, 0.15) is 31.9 Å². The van der Waals surface area contributed by atoms with Gasteiger partial charge in [0.25, 0.3) is 5.91 Å². The van der Waals surface area contributed by atoms with Crippen molar-refractivity contribution in [3.63, 3.8) is 0 Å². The number of benzene rings is 1. The van der Waals surface area contributed by atoms with E-state index < -0.39 is 17.7 Å². The molecule has 0 saturated heterocycles. The van der Waals surface area contributed by atoms with E-state index in [1.807, 2.05) is 24.3 Å². The molecular weight excluding hydrogens is 308 g/mol. The van der Waals surface area contributed by atoms with Gasteiger partial charge in [-0.1, -0.05) is 36.9 Å². The van der Waals surface area contributed by atoms with Crippen LogP contribution in [0.4, 0.5) is 4.79 Å². The molecule has 0 aliphatic heterocycles. The monoisotopic (exact) mass is 334 g/mol. The first-order valence-electron chi connectivity index (χ1n) is 7.69. The first-order valence-corrected chi connectivity index (χ1v) is 7.69. The molecule has 24 heavy (non-hydrogen) atoms. The number of alkyl carbamates (subject to hydrolysis) is 1. The first-order chi connectivity index (χ1) is 11.2. The summed E-state index contributed by atoms with van der Waals surface area (Å²) in [5.74, 6) is -0.368. The third kappa shape index (κ3) is 6.42. The second kappa shape index (κ2) is 8.49. The van der Waals surface area contributed by atoms with E-state index in [1.54, 1.807) is 26.8 Å². The summed E-state index contributed by atoms with van der Waals surface area (Å²) < 4.78 is 5.24. The van der Waals surface area contributed by atoms with Gasteiger partial charge in [0.1, 0.15) is 11.6 Å². The van der Waals surface area contributed by atoms with E-state index in [0.29, 0.717) is 6.42 Å². The van der Waals surface area contributed by atoms with Gasteiger partial charge < -0.3 is 10.1 Å². The van der Waals surface area contributed by atoms with Gasteiger partial charge in [0, 0.05) is 13.5 Å². The number of amides is 2. The average Bonchev–Trinajstić information content (AvgIpc) is 2.51.